The van der Waals surface area contributed by atoms with Gasteiger partial charge in [-0.25, -0.2) is 4.68 Å². The number of aromatic nitrogens is 2. The number of nitrogens with one attached hydrogen (secondary N) is 1. The van der Waals surface area contributed by atoms with Crippen molar-refractivity contribution in [3.63, 3.8) is 0 Å². The summed E-state index contributed by atoms with van der Waals surface area (Å²) in [5.74, 6) is -2.46. The molecule has 1 heterocycles. The molecule has 1 aliphatic carbocycles. The van der Waals surface area contributed by atoms with Crippen LogP contribution in [0.2, 0.25) is 0 Å². The predicted molar refractivity (Wildman–Crippen MR) is 89.5 cm³/mol. The van der Waals surface area contributed by atoms with Gasteiger partial charge in [-0.2, -0.15) is 18.3 Å². The number of nitrogens with zero attached hydrogens (tertiary/aromatic N) is 2. The monoisotopic (exact) mass is 381 g/mol. The minimum atomic E-state index is -4.79. The first-order valence-corrected chi connectivity index (χ1v) is 8.43. The zero-order valence-corrected chi connectivity index (χ0v) is 14.5. The summed E-state index contributed by atoms with van der Waals surface area (Å²) in [6.07, 6.45) is -2.89. The van der Waals surface area contributed by atoms with E-state index in [4.69, 9.17) is 5.11 Å². The second-order valence-electron chi connectivity index (χ2n) is 6.62. The summed E-state index contributed by atoms with van der Waals surface area (Å²) in [6.45, 7) is 1.65. The van der Waals surface area contributed by atoms with Crippen LogP contribution in [0.5, 0.6) is 0 Å². The highest BCUT2D eigenvalue weighted by Gasteiger charge is 2.41. The molecule has 1 fully saturated rings. The average Bonchev–Trinajstić information content (AvgIpc) is 3.21. The van der Waals surface area contributed by atoms with Crippen molar-refractivity contribution in [1.29, 1.82) is 0 Å². The molecule has 2 aromatic rings. The molecule has 1 aromatic carbocycles. The lowest BCUT2D eigenvalue weighted by Gasteiger charge is -2.16. The number of para-hydroxylation sites is 1. The normalized spacial score (nSPS) is 19.9. The molecule has 1 amide bonds. The molecule has 0 bridgehead atoms. The van der Waals surface area contributed by atoms with Gasteiger partial charge in [0, 0.05) is 6.04 Å². The van der Waals surface area contributed by atoms with E-state index in [0.717, 1.165) is 10.9 Å². The number of carbonyl (C=O) groups excluding carboxylic acids is 1. The Morgan fingerprint density at radius 3 is 2.56 bits per heavy atom. The minimum absolute atomic E-state index is 0.203. The third-order valence-corrected chi connectivity index (χ3v) is 4.74. The third kappa shape index (κ3) is 3.81. The SMILES string of the molecule is Cc1ccccc1-n1ncc(C(=O)N[C@@H]2CC[C@H](C(=O)O)C2)c1C(F)(F)F. The van der Waals surface area contributed by atoms with Gasteiger partial charge in [-0.05, 0) is 37.8 Å². The fourth-order valence-electron chi connectivity index (χ4n) is 3.37. The van der Waals surface area contributed by atoms with Gasteiger partial charge in [-0.1, -0.05) is 18.2 Å². The van der Waals surface area contributed by atoms with Gasteiger partial charge in [0.15, 0.2) is 5.69 Å². The maximum absolute atomic E-state index is 13.7. The summed E-state index contributed by atoms with van der Waals surface area (Å²) >= 11 is 0. The molecule has 1 saturated carbocycles. The largest absolute Gasteiger partial charge is 0.481 e. The van der Waals surface area contributed by atoms with Gasteiger partial charge in [-0.3, -0.25) is 9.59 Å². The Hall–Kier alpha value is -2.84. The Balaban J connectivity index is 1.91. The van der Waals surface area contributed by atoms with Crippen molar-refractivity contribution in [2.75, 3.05) is 0 Å². The Morgan fingerprint density at radius 2 is 1.96 bits per heavy atom. The van der Waals surface area contributed by atoms with Gasteiger partial charge < -0.3 is 10.4 Å². The van der Waals surface area contributed by atoms with Crippen LogP contribution in [-0.4, -0.2) is 32.8 Å². The number of halogens is 3. The van der Waals surface area contributed by atoms with Gasteiger partial charge >= 0.3 is 12.1 Å². The second-order valence-corrected chi connectivity index (χ2v) is 6.62. The molecule has 9 heteroatoms. The van der Waals surface area contributed by atoms with Gasteiger partial charge in [0.2, 0.25) is 0 Å². The smallest absolute Gasteiger partial charge is 0.434 e. The standard InChI is InChI=1S/C18H18F3N3O3/c1-10-4-2-3-5-14(10)24-15(18(19,20)21)13(9-22-24)16(25)23-12-7-6-11(8-12)17(26)27/h2-5,9,11-12H,6-8H2,1H3,(H,23,25)(H,26,27)/t11-,12+/m0/s1. The molecular formula is C18H18F3N3O3. The van der Waals surface area contributed by atoms with Crippen LogP contribution in [0.3, 0.4) is 0 Å². The first-order valence-electron chi connectivity index (χ1n) is 8.43. The molecule has 0 saturated heterocycles. The number of hydrogen-bond donors (Lipinski definition) is 2. The van der Waals surface area contributed by atoms with Crippen LogP contribution in [-0.2, 0) is 11.0 Å². The van der Waals surface area contributed by atoms with Crippen LogP contribution in [0, 0.1) is 12.8 Å². The van der Waals surface area contributed by atoms with Crippen molar-refractivity contribution in [1.82, 2.24) is 15.1 Å². The summed E-state index contributed by atoms with van der Waals surface area (Å²) in [7, 11) is 0. The number of alkyl halides is 3. The maximum atomic E-state index is 13.7. The van der Waals surface area contributed by atoms with E-state index >= 15 is 0 Å². The molecule has 2 N–H and O–H groups in total. The molecule has 1 aromatic heterocycles. The summed E-state index contributed by atoms with van der Waals surface area (Å²) in [4.78, 5) is 23.5. The molecule has 3 rings (SSSR count). The van der Waals surface area contributed by atoms with E-state index in [1.165, 1.54) is 6.07 Å². The summed E-state index contributed by atoms with van der Waals surface area (Å²) in [5, 5.41) is 15.3. The molecule has 6 nitrogen and oxygen atoms in total. The van der Waals surface area contributed by atoms with Crippen molar-refractivity contribution in [3.05, 3.63) is 47.3 Å². The first kappa shape index (κ1) is 18.9. The Kier molecular flexibility index (Phi) is 4.95. The molecule has 0 radical (unpaired) electrons. The fraction of sp³-hybridized carbons (Fsp3) is 0.389. The second kappa shape index (κ2) is 7.05. The predicted octanol–water partition coefficient (Wildman–Crippen LogP) is 3.18. The number of carbonyl (C=O) groups is 2. The molecule has 144 valence electrons. The van der Waals surface area contributed by atoms with Crippen molar-refractivity contribution in [3.8, 4) is 5.69 Å². The molecule has 27 heavy (non-hydrogen) atoms. The number of benzene rings is 1. The maximum Gasteiger partial charge on any atom is 0.434 e. The zero-order chi connectivity index (χ0) is 19.8. The fourth-order valence-corrected chi connectivity index (χ4v) is 3.37. The average molecular weight is 381 g/mol. The Morgan fingerprint density at radius 1 is 1.26 bits per heavy atom. The molecule has 2 atom stereocenters. The highest BCUT2D eigenvalue weighted by molar-refractivity contribution is 5.95. The summed E-state index contributed by atoms with van der Waals surface area (Å²) in [6, 6.07) is 5.97. The molecule has 0 aliphatic heterocycles. The van der Waals surface area contributed by atoms with E-state index < -0.39 is 41.3 Å². The van der Waals surface area contributed by atoms with Gasteiger partial charge in [-0.15, -0.1) is 0 Å². The van der Waals surface area contributed by atoms with Crippen LogP contribution < -0.4 is 5.32 Å². The Labute approximate surface area is 153 Å². The van der Waals surface area contributed by atoms with E-state index in [2.05, 4.69) is 10.4 Å². The van der Waals surface area contributed by atoms with Crippen molar-refractivity contribution in [2.24, 2.45) is 5.92 Å². The van der Waals surface area contributed by atoms with Crippen LogP contribution >= 0.6 is 0 Å². The lowest BCUT2D eigenvalue weighted by Crippen LogP contribution is -2.34. The number of carboxylic acid groups (broad SMARTS) is 1. The molecule has 0 spiro atoms. The highest BCUT2D eigenvalue weighted by atomic mass is 19.4. The number of aliphatic carboxylic acids is 1. The van der Waals surface area contributed by atoms with Gasteiger partial charge in [0.25, 0.3) is 5.91 Å². The molecular weight excluding hydrogens is 363 g/mol. The quantitative estimate of drug-likeness (QED) is 0.852. The first-order chi connectivity index (χ1) is 12.7. The lowest BCUT2D eigenvalue weighted by molar-refractivity contribution is -0.143. The van der Waals surface area contributed by atoms with E-state index in [1.807, 2.05) is 0 Å². The Bertz CT molecular complexity index is 876. The van der Waals surface area contributed by atoms with Crippen LogP contribution in [0.15, 0.2) is 30.5 Å². The summed E-state index contributed by atoms with van der Waals surface area (Å²) < 4.78 is 41.8. The van der Waals surface area contributed by atoms with E-state index in [1.54, 1.807) is 25.1 Å². The van der Waals surface area contributed by atoms with Crippen LogP contribution in [0.4, 0.5) is 13.2 Å². The topological polar surface area (TPSA) is 84.2 Å². The summed E-state index contributed by atoms with van der Waals surface area (Å²) in [5.41, 5.74) is -0.916. The number of rotatable bonds is 4. The number of amides is 1. The third-order valence-electron chi connectivity index (χ3n) is 4.74. The zero-order valence-electron chi connectivity index (χ0n) is 14.5. The number of aryl methyl sites for hydroxylation is 1. The van der Waals surface area contributed by atoms with E-state index in [0.29, 0.717) is 18.4 Å². The van der Waals surface area contributed by atoms with Crippen molar-refractivity contribution in [2.45, 2.75) is 38.4 Å². The lowest BCUT2D eigenvalue weighted by atomic mass is 10.1. The highest BCUT2D eigenvalue weighted by Crippen LogP contribution is 2.34. The molecule has 0 unspecified atom stereocenters. The van der Waals surface area contributed by atoms with E-state index in [9.17, 15) is 22.8 Å². The van der Waals surface area contributed by atoms with Gasteiger partial charge in [0.05, 0.1) is 23.4 Å². The van der Waals surface area contributed by atoms with E-state index in [-0.39, 0.29) is 12.1 Å². The minimum Gasteiger partial charge on any atom is -0.481 e. The molecule has 1 aliphatic rings. The number of carboxylic acids is 1. The van der Waals surface area contributed by atoms with Crippen LogP contribution in [0.1, 0.15) is 40.9 Å². The van der Waals surface area contributed by atoms with Crippen molar-refractivity contribution >= 4 is 11.9 Å². The van der Waals surface area contributed by atoms with Crippen molar-refractivity contribution < 1.29 is 27.9 Å². The van der Waals surface area contributed by atoms with Gasteiger partial charge in [0.1, 0.15) is 0 Å². The number of hydrogen-bond acceptors (Lipinski definition) is 3. The van der Waals surface area contributed by atoms with Crippen LogP contribution in [0.25, 0.3) is 5.69 Å².